The molecule has 0 bridgehead atoms. The van der Waals surface area contributed by atoms with Gasteiger partial charge in [-0.05, 0) is 26.7 Å². The van der Waals surface area contributed by atoms with Gasteiger partial charge in [0.1, 0.15) is 5.69 Å². The number of nitrogens with one attached hydrogen (secondary N) is 1. The molecule has 1 aromatic heterocycles. The van der Waals surface area contributed by atoms with Crippen molar-refractivity contribution in [1.29, 1.82) is 0 Å². The van der Waals surface area contributed by atoms with Gasteiger partial charge >= 0.3 is 0 Å². The van der Waals surface area contributed by atoms with Crippen molar-refractivity contribution >= 4 is 5.91 Å². The van der Waals surface area contributed by atoms with E-state index in [4.69, 9.17) is 9.47 Å². The molecule has 2 atom stereocenters. The number of hydrogen-bond donors (Lipinski definition) is 2. The number of rotatable bonds is 4. The van der Waals surface area contributed by atoms with Crippen LogP contribution in [0.1, 0.15) is 54.5 Å². The molecule has 3 heterocycles. The number of ether oxygens (including phenoxy) is 2. The summed E-state index contributed by atoms with van der Waals surface area (Å²) in [6, 6.07) is 0. The van der Waals surface area contributed by atoms with Gasteiger partial charge in [-0.15, -0.1) is 0 Å². The lowest BCUT2D eigenvalue weighted by molar-refractivity contribution is -0.0147. The molecule has 7 nitrogen and oxygen atoms in total. The van der Waals surface area contributed by atoms with Gasteiger partial charge in [0.2, 0.25) is 0 Å². The first-order valence-corrected chi connectivity index (χ1v) is 8.64. The average molecular weight is 337 g/mol. The van der Waals surface area contributed by atoms with Gasteiger partial charge in [0.05, 0.1) is 24.5 Å². The number of hydrogen-bond acceptors (Lipinski definition) is 5. The van der Waals surface area contributed by atoms with Crippen LogP contribution >= 0.6 is 0 Å². The molecule has 0 aromatic carbocycles. The maximum absolute atomic E-state index is 12.8. The summed E-state index contributed by atoms with van der Waals surface area (Å²) < 4.78 is 12.8. The number of aryl methyl sites for hydroxylation is 1. The minimum Gasteiger partial charge on any atom is -0.396 e. The summed E-state index contributed by atoms with van der Waals surface area (Å²) in [6.07, 6.45) is 2.18. The summed E-state index contributed by atoms with van der Waals surface area (Å²) in [5, 5.41) is 17.3. The number of carbonyl (C=O) groups is 1. The second kappa shape index (κ2) is 6.82. The maximum atomic E-state index is 12.8. The topological polar surface area (TPSA) is 85.6 Å². The van der Waals surface area contributed by atoms with Crippen LogP contribution in [0.5, 0.6) is 0 Å². The molecule has 0 aliphatic carbocycles. The van der Waals surface area contributed by atoms with Gasteiger partial charge in [-0.25, -0.2) is 0 Å². The second-order valence-corrected chi connectivity index (χ2v) is 7.08. The van der Waals surface area contributed by atoms with Gasteiger partial charge in [-0.3, -0.25) is 9.48 Å². The van der Waals surface area contributed by atoms with Crippen molar-refractivity contribution in [2.75, 3.05) is 26.4 Å². The number of fused-ring (bicyclic) bond motifs is 1. The third kappa shape index (κ3) is 3.20. The van der Waals surface area contributed by atoms with Crippen LogP contribution in [-0.4, -0.2) is 53.3 Å². The van der Waals surface area contributed by atoms with E-state index in [0.29, 0.717) is 31.9 Å². The Morgan fingerprint density at radius 1 is 1.42 bits per heavy atom. The molecule has 0 spiro atoms. The average Bonchev–Trinajstić information content (AvgIpc) is 2.90. The SMILES string of the molecule is C[C@@H]1Cc2c(nn(C)c2C(=O)NCC2(CO)CCOCC2)[C@H](C)O1. The van der Waals surface area contributed by atoms with Crippen LogP contribution in [0.4, 0.5) is 0 Å². The third-order valence-electron chi connectivity index (χ3n) is 5.22. The minimum atomic E-state index is -0.281. The Hall–Kier alpha value is -1.44. The van der Waals surface area contributed by atoms with Crippen LogP contribution in [0.25, 0.3) is 0 Å². The molecule has 134 valence electrons. The lowest BCUT2D eigenvalue weighted by Gasteiger charge is -2.35. The van der Waals surface area contributed by atoms with Gasteiger partial charge < -0.3 is 19.9 Å². The maximum Gasteiger partial charge on any atom is 0.269 e. The fraction of sp³-hybridized carbons (Fsp3) is 0.765. The van der Waals surface area contributed by atoms with E-state index < -0.39 is 0 Å². The Kier molecular flexibility index (Phi) is 4.94. The Morgan fingerprint density at radius 3 is 2.79 bits per heavy atom. The van der Waals surface area contributed by atoms with E-state index in [0.717, 1.165) is 24.1 Å². The molecule has 1 saturated heterocycles. The number of amides is 1. The van der Waals surface area contributed by atoms with Crippen molar-refractivity contribution in [2.45, 2.75) is 45.3 Å². The fourth-order valence-corrected chi connectivity index (χ4v) is 3.70. The zero-order chi connectivity index (χ0) is 17.3. The van der Waals surface area contributed by atoms with Gasteiger partial charge in [0.15, 0.2) is 0 Å². The molecule has 3 rings (SSSR count). The molecule has 1 aromatic rings. The van der Waals surface area contributed by atoms with Crippen molar-refractivity contribution in [1.82, 2.24) is 15.1 Å². The minimum absolute atomic E-state index is 0.0576. The first-order valence-electron chi connectivity index (χ1n) is 8.64. The van der Waals surface area contributed by atoms with Crippen LogP contribution in [0.3, 0.4) is 0 Å². The van der Waals surface area contributed by atoms with Gasteiger partial charge in [-0.1, -0.05) is 0 Å². The van der Waals surface area contributed by atoms with Gasteiger partial charge in [0.25, 0.3) is 5.91 Å². The molecule has 0 radical (unpaired) electrons. The Labute approximate surface area is 142 Å². The predicted octanol–water partition coefficient (Wildman–Crippen LogP) is 0.961. The summed E-state index contributed by atoms with van der Waals surface area (Å²) in [7, 11) is 1.79. The lowest BCUT2D eigenvalue weighted by atomic mass is 9.81. The molecule has 2 N–H and O–H groups in total. The molecular weight excluding hydrogens is 310 g/mol. The molecule has 0 saturated carbocycles. The molecule has 7 heteroatoms. The highest BCUT2D eigenvalue weighted by molar-refractivity contribution is 5.94. The van der Waals surface area contributed by atoms with E-state index in [-0.39, 0.29) is 30.1 Å². The summed E-state index contributed by atoms with van der Waals surface area (Å²) in [5.74, 6) is -0.133. The van der Waals surface area contributed by atoms with E-state index in [9.17, 15) is 9.90 Å². The second-order valence-electron chi connectivity index (χ2n) is 7.08. The highest BCUT2D eigenvalue weighted by Crippen LogP contribution is 2.32. The van der Waals surface area contributed by atoms with Gasteiger partial charge in [-0.2, -0.15) is 5.10 Å². The van der Waals surface area contributed by atoms with Crippen LogP contribution in [0.2, 0.25) is 0 Å². The molecule has 2 aliphatic heterocycles. The Morgan fingerprint density at radius 2 is 2.12 bits per heavy atom. The fourth-order valence-electron chi connectivity index (χ4n) is 3.70. The quantitative estimate of drug-likeness (QED) is 0.855. The number of carbonyl (C=O) groups excluding carboxylic acids is 1. The number of aromatic nitrogens is 2. The van der Waals surface area contributed by atoms with Crippen LogP contribution in [0, 0.1) is 5.41 Å². The number of nitrogens with zero attached hydrogens (tertiary/aromatic N) is 2. The zero-order valence-corrected chi connectivity index (χ0v) is 14.7. The molecular formula is C17H27N3O4. The largest absolute Gasteiger partial charge is 0.396 e. The highest BCUT2D eigenvalue weighted by atomic mass is 16.5. The van der Waals surface area contributed by atoms with E-state index in [1.54, 1.807) is 11.7 Å². The highest BCUT2D eigenvalue weighted by Gasteiger charge is 2.35. The van der Waals surface area contributed by atoms with Crippen molar-refractivity contribution in [3.8, 4) is 0 Å². The molecule has 2 aliphatic rings. The number of aliphatic hydroxyl groups excluding tert-OH is 1. The Bertz CT molecular complexity index is 607. The van der Waals surface area contributed by atoms with E-state index >= 15 is 0 Å². The van der Waals surface area contributed by atoms with E-state index in [1.807, 2.05) is 13.8 Å². The first-order chi connectivity index (χ1) is 11.5. The summed E-state index contributed by atoms with van der Waals surface area (Å²) in [6.45, 7) is 5.74. The van der Waals surface area contributed by atoms with Crippen LogP contribution in [0.15, 0.2) is 0 Å². The summed E-state index contributed by atoms with van der Waals surface area (Å²) >= 11 is 0. The van der Waals surface area contributed by atoms with E-state index in [2.05, 4.69) is 10.4 Å². The monoisotopic (exact) mass is 337 g/mol. The van der Waals surface area contributed by atoms with Gasteiger partial charge in [0, 0.05) is 44.2 Å². The first kappa shape index (κ1) is 17.4. The predicted molar refractivity (Wildman–Crippen MR) is 87.8 cm³/mol. The van der Waals surface area contributed by atoms with Crippen LogP contribution in [-0.2, 0) is 22.9 Å². The van der Waals surface area contributed by atoms with Crippen molar-refractivity contribution < 1.29 is 19.4 Å². The lowest BCUT2D eigenvalue weighted by Crippen LogP contribution is -2.44. The van der Waals surface area contributed by atoms with Crippen LogP contribution < -0.4 is 5.32 Å². The molecule has 24 heavy (non-hydrogen) atoms. The molecule has 0 unspecified atom stereocenters. The standard InChI is InChI=1S/C17H27N3O4/c1-11-8-13-14(12(2)24-11)19-20(3)15(13)16(22)18-9-17(10-21)4-6-23-7-5-17/h11-12,21H,4-10H2,1-3H3,(H,18,22)/t11-,12+/m1/s1. The van der Waals surface area contributed by atoms with Crippen molar-refractivity contribution in [2.24, 2.45) is 12.5 Å². The van der Waals surface area contributed by atoms with Crippen molar-refractivity contribution in [3.63, 3.8) is 0 Å². The van der Waals surface area contributed by atoms with E-state index in [1.165, 1.54) is 0 Å². The summed E-state index contributed by atoms with van der Waals surface area (Å²) in [4.78, 5) is 12.8. The normalized spacial score (nSPS) is 26.0. The summed E-state index contributed by atoms with van der Waals surface area (Å²) in [5.41, 5.74) is 2.15. The molecule has 1 amide bonds. The third-order valence-corrected chi connectivity index (χ3v) is 5.22. The number of aliphatic hydroxyl groups is 1. The smallest absolute Gasteiger partial charge is 0.269 e. The Balaban J connectivity index is 1.76. The zero-order valence-electron chi connectivity index (χ0n) is 14.7. The van der Waals surface area contributed by atoms with Crippen molar-refractivity contribution in [3.05, 3.63) is 17.0 Å². The molecule has 1 fully saturated rings.